The van der Waals surface area contributed by atoms with Crippen molar-refractivity contribution in [1.82, 2.24) is 20.1 Å². The number of aryl methyl sites for hydroxylation is 1. The summed E-state index contributed by atoms with van der Waals surface area (Å²) in [5.41, 5.74) is 1.29. The number of carbonyl (C=O) groups is 1. The molecule has 0 radical (unpaired) electrons. The Bertz CT molecular complexity index is 649. The van der Waals surface area contributed by atoms with E-state index < -0.39 is 23.2 Å². The molecule has 0 spiro atoms. The number of halogens is 2. The first kappa shape index (κ1) is 14.9. The first-order chi connectivity index (χ1) is 9.92. The molecule has 9 heteroatoms. The van der Waals surface area contributed by atoms with Crippen molar-refractivity contribution in [3.8, 4) is 0 Å². The Hall–Kier alpha value is -2.55. The predicted molar refractivity (Wildman–Crippen MR) is 71.1 cm³/mol. The number of hydrogen-bond acceptors (Lipinski definition) is 5. The van der Waals surface area contributed by atoms with E-state index in [-0.39, 0.29) is 12.1 Å². The maximum atomic E-state index is 13.6. The number of amides is 1. The van der Waals surface area contributed by atoms with Gasteiger partial charge in [-0.2, -0.15) is 5.10 Å². The number of nitrogens with one attached hydrogen (secondary N) is 2. The molecular weight excluding hydrogens is 282 g/mol. The second kappa shape index (κ2) is 5.83. The highest BCUT2D eigenvalue weighted by atomic mass is 19.1. The number of rotatable bonds is 4. The smallest absolute Gasteiger partial charge is 0.254 e. The Morgan fingerprint density at radius 3 is 2.52 bits per heavy atom. The first-order valence-corrected chi connectivity index (χ1v) is 6.01. The third-order valence-electron chi connectivity index (χ3n) is 2.80. The maximum absolute atomic E-state index is 13.6. The summed E-state index contributed by atoms with van der Waals surface area (Å²) in [6.45, 7) is 1.84. The number of aromatic amines is 1. The zero-order valence-corrected chi connectivity index (χ0v) is 11.4. The summed E-state index contributed by atoms with van der Waals surface area (Å²) < 4.78 is 27.2. The minimum absolute atomic E-state index is 0.114. The van der Waals surface area contributed by atoms with Gasteiger partial charge in [0, 0.05) is 12.6 Å². The third kappa shape index (κ3) is 3.14. The van der Waals surface area contributed by atoms with Gasteiger partial charge in [-0.15, -0.1) is 0 Å². The van der Waals surface area contributed by atoms with E-state index in [0.717, 1.165) is 12.1 Å². The van der Waals surface area contributed by atoms with Crippen LogP contribution in [0.1, 0.15) is 22.0 Å². The molecule has 0 fully saturated rings. The fraction of sp³-hybridized carbons (Fsp3) is 0.250. The fourth-order valence-electron chi connectivity index (χ4n) is 1.80. The molecule has 4 N–H and O–H groups in total. The average molecular weight is 296 g/mol. The van der Waals surface area contributed by atoms with Gasteiger partial charge in [-0.3, -0.25) is 15.7 Å². The highest BCUT2D eigenvalue weighted by molar-refractivity contribution is 5.94. The Balaban J connectivity index is 2.19. The molecule has 1 heterocycles. The molecule has 0 saturated carbocycles. The van der Waals surface area contributed by atoms with E-state index >= 15 is 0 Å². The van der Waals surface area contributed by atoms with Crippen LogP contribution in [0.2, 0.25) is 0 Å². The van der Waals surface area contributed by atoms with Gasteiger partial charge in [0.05, 0.1) is 6.54 Å². The van der Waals surface area contributed by atoms with E-state index in [9.17, 15) is 13.6 Å². The van der Waals surface area contributed by atoms with Crippen LogP contribution in [0, 0.1) is 18.6 Å². The van der Waals surface area contributed by atoms with Crippen molar-refractivity contribution in [2.75, 3.05) is 12.5 Å². The minimum Gasteiger partial charge on any atom is -0.334 e. The molecule has 2 rings (SSSR count). The molecule has 0 aliphatic carbocycles. The Kier molecular flexibility index (Phi) is 4.13. The summed E-state index contributed by atoms with van der Waals surface area (Å²) >= 11 is 0. The van der Waals surface area contributed by atoms with Gasteiger partial charge in [-0.1, -0.05) is 0 Å². The molecule has 7 nitrogen and oxygen atoms in total. The Morgan fingerprint density at radius 2 is 2.05 bits per heavy atom. The van der Waals surface area contributed by atoms with E-state index in [2.05, 4.69) is 15.2 Å². The lowest BCUT2D eigenvalue weighted by molar-refractivity contribution is 0.0780. The largest absolute Gasteiger partial charge is 0.334 e. The summed E-state index contributed by atoms with van der Waals surface area (Å²) in [4.78, 5) is 17.4. The van der Waals surface area contributed by atoms with Gasteiger partial charge in [0.25, 0.3) is 5.91 Å². The molecule has 1 amide bonds. The van der Waals surface area contributed by atoms with Crippen LogP contribution < -0.4 is 11.3 Å². The van der Waals surface area contributed by atoms with Crippen molar-refractivity contribution >= 4 is 11.6 Å². The summed E-state index contributed by atoms with van der Waals surface area (Å²) in [5, 5.41) is 6.53. The van der Waals surface area contributed by atoms with Gasteiger partial charge in [0.2, 0.25) is 0 Å². The van der Waals surface area contributed by atoms with Crippen LogP contribution in [0.15, 0.2) is 12.1 Å². The summed E-state index contributed by atoms with van der Waals surface area (Å²) in [6.07, 6.45) is 0. The van der Waals surface area contributed by atoms with Crippen LogP contribution in [0.3, 0.4) is 0 Å². The van der Waals surface area contributed by atoms with Crippen LogP contribution in [0.5, 0.6) is 0 Å². The molecule has 112 valence electrons. The average Bonchev–Trinajstić information content (AvgIpc) is 2.82. The third-order valence-corrected chi connectivity index (χ3v) is 2.80. The summed E-state index contributed by atoms with van der Waals surface area (Å²) in [5.74, 6) is 3.58. The molecule has 0 bridgehead atoms. The van der Waals surface area contributed by atoms with Crippen molar-refractivity contribution < 1.29 is 13.6 Å². The lowest BCUT2D eigenvalue weighted by Gasteiger charge is -2.16. The number of hydrogen-bond donors (Lipinski definition) is 3. The van der Waals surface area contributed by atoms with E-state index in [4.69, 9.17) is 5.84 Å². The standard InChI is InChI=1S/C12H14F2N6O/c1-6-16-10(19-18-6)5-20(2)12(21)7-3-8(13)11(17-15)9(14)4-7/h3-4,17H,5,15H2,1-2H3,(H,16,18,19). The van der Waals surface area contributed by atoms with Crippen LogP contribution in [0.25, 0.3) is 0 Å². The highest BCUT2D eigenvalue weighted by Crippen LogP contribution is 2.20. The summed E-state index contributed by atoms with van der Waals surface area (Å²) in [7, 11) is 1.49. The van der Waals surface area contributed by atoms with Crippen molar-refractivity contribution in [3.63, 3.8) is 0 Å². The zero-order chi connectivity index (χ0) is 15.6. The molecule has 21 heavy (non-hydrogen) atoms. The number of nitrogens with zero attached hydrogens (tertiary/aromatic N) is 3. The van der Waals surface area contributed by atoms with E-state index in [1.54, 1.807) is 6.92 Å². The first-order valence-electron chi connectivity index (χ1n) is 6.01. The number of H-pyrrole nitrogens is 1. The van der Waals surface area contributed by atoms with Gasteiger partial charge in [-0.25, -0.2) is 13.8 Å². The second-order valence-electron chi connectivity index (χ2n) is 4.46. The van der Waals surface area contributed by atoms with Gasteiger partial charge >= 0.3 is 0 Å². The number of hydrazine groups is 1. The zero-order valence-electron chi connectivity index (χ0n) is 11.4. The molecule has 0 aliphatic rings. The number of carbonyl (C=O) groups excluding carboxylic acids is 1. The van der Waals surface area contributed by atoms with Gasteiger partial charge < -0.3 is 10.3 Å². The summed E-state index contributed by atoms with van der Waals surface area (Å²) in [6, 6.07) is 1.83. The Morgan fingerprint density at radius 1 is 1.43 bits per heavy atom. The topological polar surface area (TPSA) is 99.9 Å². The molecule has 1 aromatic carbocycles. The van der Waals surface area contributed by atoms with E-state index in [1.807, 2.05) is 5.43 Å². The van der Waals surface area contributed by atoms with Crippen molar-refractivity contribution in [2.24, 2.45) is 5.84 Å². The molecule has 1 aromatic heterocycles. The molecule has 2 aromatic rings. The number of nitrogen functional groups attached to an aromatic ring is 1. The van der Waals surface area contributed by atoms with Crippen LogP contribution in [-0.4, -0.2) is 33.0 Å². The van der Waals surface area contributed by atoms with Gasteiger partial charge in [0.1, 0.15) is 11.5 Å². The molecular formula is C12H14F2N6O. The van der Waals surface area contributed by atoms with Crippen molar-refractivity contribution in [3.05, 3.63) is 41.0 Å². The molecule has 0 unspecified atom stereocenters. The van der Waals surface area contributed by atoms with E-state index in [0.29, 0.717) is 11.6 Å². The Labute approximate surface area is 119 Å². The lowest BCUT2D eigenvalue weighted by atomic mass is 10.1. The van der Waals surface area contributed by atoms with Gasteiger partial charge in [0.15, 0.2) is 17.5 Å². The van der Waals surface area contributed by atoms with Crippen LogP contribution in [0.4, 0.5) is 14.5 Å². The van der Waals surface area contributed by atoms with Crippen LogP contribution >= 0.6 is 0 Å². The quantitative estimate of drug-likeness (QED) is 0.576. The molecule has 0 atom stereocenters. The SMILES string of the molecule is Cc1nc(CN(C)C(=O)c2cc(F)c(NN)c(F)c2)n[nH]1. The minimum atomic E-state index is -0.942. The number of aromatic nitrogens is 3. The fourth-order valence-corrected chi connectivity index (χ4v) is 1.80. The lowest BCUT2D eigenvalue weighted by Crippen LogP contribution is -2.27. The van der Waals surface area contributed by atoms with Gasteiger partial charge in [-0.05, 0) is 19.1 Å². The number of benzene rings is 1. The van der Waals surface area contributed by atoms with E-state index in [1.165, 1.54) is 11.9 Å². The highest BCUT2D eigenvalue weighted by Gasteiger charge is 2.18. The number of nitrogens with two attached hydrogens (primary N) is 1. The van der Waals surface area contributed by atoms with Crippen molar-refractivity contribution in [1.29, 1.82) is 0 Å². The predicted octanol–water partition coefficient (Wildman–Crippen LogP) is 0.949. The molecule has 0 aliphatic heterocycles. The molecule has 0 saturated heterocycles. The van der Waals surface area contributed by atoms with Crippen molar-refractivity contribution in [2.45, 2.75) is 13.5 Å². The monoisotopic (exact) mass is 296 g/mol. The van der Waals surface area contributed by atoms with Crippen LogP contribution in [-0.2, 0) is 6.54 Å². The maximum Gasteiger partial charge on any atom is 0.254 e. The normalized spacial score (nSPS) is 10.5. The number of anilines is 1. The second-order valence-corrected chi connectivity index (χ2v) is 4.46.